The minimum Gasteiger partial charge on any atom is -0.508 e. The zero-order chi connectivity index (χ0) is 20.4. The lowest BCUT2D eigenvalue weighted by atomic mass is 10.1. The summed E-state index contributed by atoms with van der Waals surface area (Å²) in [6.45, 7) is 12.0. The molecule has 0 aliphatic heterocycles. The van der Waals surface area contributed by atoms with Gasteiger partial charge in [-0.05, 0) is 69.5 Å². The van der Waals surface area contributed by atoms with Crippen LogP contribution in [0.3, 0.4) is 0 Å². The Morgan fingerprint density at radius 3 is 2.48 bits per heavy atom. The molecule has 6 heteroatoms. The third-order valence-corrected chi connectivity index (χ3v) is 3.55. The number of carbonyl (C=O) groups is 1. The van der Waals surface area contributed by atoms with Crippen molar-refractivity contribution in [3.63, 3.8) is 0 Å². The number of amides is 2. The molecule has 148 valence electrons. The van der Waals surface area contributed by atoms with Gasteiger partial charge in [-0.25, -0.2) is 4.79 Å². The van der Waals surface area contributed by atoms with Gasteiger partial charge in [-0.2, -0.15) is 0 Å². The van der Waals surface area contributed by atoms with Crippen LogP contribution in [0.5, 0.6) is 11.5 Å². The van der Waals surface area contributed by atoms with Crippen LogP contribution < -0.4 is 21.1 Å². The summed E-state index contributed by atoms with van der Waals surface area (Å²) in [5.74, 6) is 1.47. The van der Waals surface area contributed by atoms with Crippen LogP contribution in [-0.2, 0) is 0 Å². The maximum Gasteiger partial charge on any atom is 0.315 e. The largest absolute Gasteiger partial charge is 0.508 e. The van der Waals surface area contributed by atoms with E-state index in [0.717, 1.165) is 11.1 Å². The van der Waals surface area contributed by atoms with Crippen molar-refractivity contribution >= 4 is 6.03 Å². The number of carbonyl (C=O) groups excluding carboxylic acids is 1. The van der Waals surface area contributed by atoms with E-state index in [4.69, 9.17) is 10.5 Å². The molecule has 1 atom stereocenters. The van der Waals surface area contributed by atoms with E-state index in [-0.39, 0.29) is 23.9 Å². The quantitative estimate of drug-likeness (QED) is 0.393. The highest BCUT2D eigenvalue weighted by atomic mass is 16.5. The molecule has 0 spiro atoms. The standard InChI is InChI=1S/C21H31N3O3/c1-14(2)20(27-19-11-9-18(25)10-12-19)16(5)7-6-8-17(22)13-23-21(26)24-15(3)4/h6-7,9-12,15,17,25H,1,8,13,22H2,2-5H3,(H2,23,24,26). The van der Waals surface area contributed by atoms with E-state index in [1.165, 1.54) is 0 Å². The van der Waals surface area contributed by atoms with Gasteiger partial charge in [-0.3, -0.25) is 0 Å². The maximum atomic E-state index is 11.6. The van der Waals surface area contributed by atoms with Crippen molar-refractivity contribution < 1.29 is 14.6 Å². The first kappa shape index (κ1) is 22.3. The first-order valence-corrected chi connectivity index (χ1v) is 8.99. The Labute approximate surface area is 161 Å². The predicted octanol–water partition coefficient (Wildman–Crippen LogP) is 3.60. The Hall–Kier alpha value is -2.73. The number of rotatable bonds is 9. The molecule has 27 heavy (non-hydrogen) atoms. The average molecular weight is 373 g/mol. The van der Waals surface area contributed by atoms with Crippen LogP contribution in [0.4, 0.5) is 4.79 Å². The number of phenolic OH excluding ortho intramolecular Hbond substituents is 1. The number of urea groups is 1. The fraction of sp³-hybridized carbons (Fsp3) is 0.381. The molecule has 0 fully saturated rings. The molecule has 5 N–H and O–H groups in total. The smallest absolute Gasteiger partial charge is 0.315 e. The van der Waals surface area contributed by atoms with Crippen LogP contribution >= 0.6 is 0 Å². The van der Waals surface area contributed by atoms with Gasteiger partial charge >= 0.3 is 6.03 Å². The van der Waals surface area contributed by atoms with Gasteiger partial charge in [0, 0.05) is 18.6 Å². The number of nitrogens with two attached hydrogens (primary N) is 1. The zero-order valence-corrected chi connectivity index (χ0v) is 16.6. The van der Waals surface area contributed by atoms with E-state index in [1.54, 1.807) is 24.3 Å². The Bertz CT molecular complexity index is 691. The molecule has 0 aliphatic rings. The van der Waals surface area contributed by atoms with Gasteiger partial charge in [0.25, 0.3) is 0 Å². The van der Waals surface area contributed by atoms with Gasteiger partial charge in [-0.15, -0.1) is 0 Å². The molecule has 1 aromatic rings. The predicted molar refractivity (Wildman–Crippen MR) is 110 cm³/mol. The number of allylic oxidation sites excluding steroid dienone is 3. The molecular formula is C21H31N3O3. The number of nitrogens with one attached hydrogen (secondary N) is 2. The van der Waals surface area contributed by atoms with Crippen LogP contribution in [-0.4, -0.2) is 29.8 Å². The number of ether oxygens (including phenoxy) is 1. The summed E-state index contributed by atoms with van der Waals surface area (Å²) in [6, 6.07) is 6.21. The lowest BCUT2D eigenvalue weighted by Crippen LogP contribution is -2.44. The van der Waals surface area contributed by atoms with Crippen molar-refractivity contribution in [2.45, 2.75) is 46.2 Å². The van der Waals surface area contributed by atoms with Crippen molar-refractivity contribution in [2.75, 3.05) is 6.54 Å². The van der Waals surface area contributed by atoms with Gasteiger partial charge in [-0.1, -0.05) is 18.7 Å². The highest BCUT2D eigenvalue weighted by Crippen LogP contribution is 2.23. The van der Waals surface area contributed by atoms with E-state index in [1.807, 2.05) is 39.8 Å². The fourth-order valence-electron chi connectivity index (χ4n) is 2.25. The molecule has 6 nitrogen and oxygen atoms in total. The van der Waals surface area contributed by atoms with Crippen LogP contribution in [0, 0.1) is 0 Å². The lowest BCUT2D eigenvalue weighted by Gasteiger charge is -2.14. The number of aromatic hydroxyl groups is 1. The molecule has 0 aromatic heterocycles. The first-order valence-electron chi connectivity index (χ1n) is 8.99. The molecule has 0 saturated carbocycles. The van der Waals surface area contributed by atoms with E-state index in [2.05, 4.69) is 17.2 Å². The van der Waals surface area contributed by atoms with Crippen LogP contribution in [0.1, 0.15) is 34.1 Å². The summed E-state index contributed by atoms with van der Waals surface area (Å²) in [6.07, 6.45) is 4.49. The minimum absolute atomic E-state index is 0.0862. The summed E-state index contributed by atoms with van der Waals surface area (Å²) >= 11 is 0. The normalized spacial score (nSPS) is 13.3. The molecule has 0 aliphatic carbocycles. The summed E-state index contributed by atoms with van der Waals surface area (Å²) in [5.41, 5.74) is 7.73. The number of benzene rings is 1. The topological polar surface area (TPSA) is 96.6 Å². The highest BCUT2D eigenvalue weighted by molar-refractivity contribution is 5.74. The summed E-state index contributed by atoms with van der Waals surface area (Å²) in [7, 11) is 0. The maximum absolute atomic E-state index is 11.6. The van der Waals surface area contributed by atoms with E-state index in [0.29, 0.717) is 24.5 Å². The van der Waals surface area contributed by atoms with Crippen molar-refractivity contribution in [3.05, 3.63) is 59.9 Å². The second-order valence-electron chi connectivity index (χ2n) is 6.80. The number of hydrogen-bond donors (Lipinski definition) is 4. The average Bonchev–Trinajstić information content (AvgIpc) is 2.58. The molecule has 1 rings (SSSR count). The molecule has 1 aromatic carbocycles. The van der Waals surface area contributed by atoms with Crippen molar-refractivity contribution in [3.8, 4) is 11.5 Å². The Morgan fingerprint density at radius 1 is 1.30 bits per heavy atom. The number of phenols is 1. The first-order chi connectivity index (χ1) is 12.7. The summed E-state index contributed by atoms with van der Waals surface area (Å²) in [5, 5.41) is 14.9. The molecule has 0 heterocycles. The van der Waals surface area contributed by atoms with Crippen molar-refractivity contribution in [2.24, 2.45) is 5.73 Å². The van der Waals surface area contributed by atoms with Crippen LogP contribution in [0.25, 0.3) is 0 Å². The van der Waals surface area contributed by atoms with E-state index < -0.39 is 0 Å². The SMILES string of the molecule is C=C(C)C(Oc1ccc(O)cc1)=C(C)C=CCC(N)CNC(=O)NC(C)C. The second-order valence-corrected chi connectivity index (χ2v) is 6.80. The van der Waals surface area contributed by atoms with Crippen LogP contribution in [0.15, 0.2) is 59.9 Å². The zero-order valence-electron chi connectivity index (χ0n) is 16.6. The van der Waals surface area contributed by atoms with Gasteiger partial charge in [0.05, 0.1) is 0 Å². The van der Waals surface area contributed by atoms with Gasteiger partial charge in [0.2, 0.25) is 0 Å². The van der Waals surface area contributed by atoms with Gasteiger partial charge in [0.15, 0.2) is 0 Å². The Morgan fingerprint density at radius 2 is 1.93 bits per heavy atom. The Balaban J connectivity index is 2.62. The van der Waals surface area contributed by atoms with Crippen LogP contribution in [0.2, 0.25) is 0 Å². The lowest BCUT2D eigenvalue weighted by molar-refractivity contribution is 0.238. The molecular weight excluding hydrogens is 342 g/mol. The monoisotopic (exact) mass is 373 g/mol. The minimum atomic E-state index is -0.215. The summed E-state index contributed by atoms with van der Waals surface area (Å²) in [4.78, 5) is 11.6. The Kier molecular flexibility index (Phi) is 9.16. The van der Waals surface area contributed by atoms with Gasteiger partial charge in [0.1, 0.15) is 17.3 Å². The molecule has 0 bridgehead atoms. The second kappa shape index (κ2) is 11.1. The third kappa shape index (κ3) is 8.96. The fourth-order valence-corrected chi connectivity index (χ4v) is 2.25. The number of hydrogen-bond acceptors (Lipinski definition) is 4. The van der Waals surface area contributed by atoms with Crippen molar-refractivity contribution in [1.82, 2.24) is 10.6 Å². The van der Waals surface area contributed by atoms with Crippen molar-refractivity contribution in [1.29, 1.82) is 0 Å². The molecule has 0 radical (unpaired) electrons. The molecule has 0 saturated heterocycles. The summed E-state index contributed by atoms with van der Waals surface area (Å²) < 4.78 is 5.89. The van der Waals surface area contributed by atoms with E-state index in [9.17, 15) is 9.90 Å². The third-order valence-electron chi connectivity index (χ3n) is 3.55. The molecule has 1 unspecified atom stereocenters. The van der Waals surface area contributed by atoms with E-state index >= 15 is 0 Å². The van der Waals surface area contributed by atoms with Gasteiger partial charge < -0.3 is 26.2 Å². The highest BCUT2D eigenvalue weighted by Gasteiger charge is 2.07. The molecule has 2 amide bonds.